The van der Waals surface area contributed by atoms with Crippen molar-refractivity contribution in [3.05, 3.63) is 0 Å². The molecule has 0 aromatic carbocycles. The minimum atomic E-state index is 0.251. The summed E-state index contributed by atoms with van der Waals surface area (Å²) in [4.78, 5) is 2.44. The van der Waals surface area contributed by atoms with Crippen LogP contribution in [0.15, 0.2) is 0 Å². The summed E-state index contributed by atoms with van der Waals surface area (Å²) in [6.07, 6.45) is 2.67. The Hall–Kier alpha value is -0.160. The van der Waals surface area contributed by atoms with Crippen molar-refractivity contribution in [2.45, 2.75) is 64.8 Å². The van der Waals surface area contributed by atoms with Gasteiger partial charge in [-0.1, -0.05) is 0 Å². The summed E-state index contributed by atoms with van der Waals surface area (Å²) < 4.78 is 11.5. The molecule has 1 heterocycles. The lowest BCUT2D eigenvalue weighted by atomic mass is 10.2. The Labute approximate surface area is 112 Å². The second-order valence-corrected chi connectivity index (χ2v) is 5.69. The minimum absolute atomic E-state index is 0.251. The van der Waals surface area contributed by atoms with E-state index in [9.17, 15) is 0 Å². The van der Waals surface area contributed by atoms with Crippen LogP contribution in [0.1, 0.15) is 40.5 Å². The lowest BCUT2D eigenvalue weighted by Crippen LogP contribution is -2.39. The quantitative estimate of drug-likeness (QED) is 0.672. The molecule has 1 aliphatic heterocycles. The van der Waals surface area contributed by atoms with Crippen LogP contribution in [0.5, 0.6) is 0 Å². The molecule has 1 saturated heterocycles. The first-order valence-electron chi connectivity index (χ1n) is 7.23. The predicted octanol–water partition coefficient (Wildman–Crippen LogP) is 1.63. The first-order chi connectivity index (χ1) is 8.54. The molecule has 1 rings (SSSR count). The van der Waals surface area contributed by atoms with E-state index in [1.165, 1.54) is 0 Å². The van der Waals surface area contributed by atoms with E-state index in [-0.39, 0.29) is 12.2 Å². The van der Waals surface area contributed by atoms with Gasteiger partial charge in [-0.15, -0.1) is 0 Å². The van der Waals surface area contributed by atoms with Crippen molar-refractivity contribution in [2.75, 3.05) is 26.3 Å². The summed E-state index contributed by atoms with van der Waals surface area (Å²) in [5.41, 5.74) is 5.58. The molecule has 0 aromatic heterocycles. The van der Waals surface area contributed by atoms with Gasteiger partial charge >= 0.3 is 0 Å². The van der Waals surface area contributed by atoms with Crippen LogP contribution in [0, 0.1) is 0 Å². The Balaban J connectivity index is 2.11. The average molecular weight is 258 g/mol. The maximum Gasteiger partial charge on any atom is 0.0813 e. The highest BCUT2D eigenvalue weighted by molar-refractivity contribution is 4.74. The molecule has 0 aromatic rings. The molecule has 0 saturated carbocycles. The van der Waals surface area contributed by atoms with Gasteiger partial charge in [0.2, 0.25) is 0 Å². The molecule has 0 amide bonds. The summed E-state index contributed by atoms with van der Waals surface area (Å²) >= 11 is 0. The van der Waals surface area contributed by atoms with E-state index < -0.39 is 0 Å². The summed E-state index contributed by atoms with van der Waals surface area (Å²) in [5.74, 6) is 0. The molecule has 2 atom stereocenters. The van der Waals surface area contributed by atoms with E-state index in [1.54, 1.807) is 0 Å². The van der Waals surface area contributed by atoms with Gasteiger partial charge in [-0.2, -0.15) is 0 Å². The van der Waals surface area contributed by atoms with Crippen molar-refractivity contribution >= 4 is 0 Å². The van der Waals surface area contributed by atoms with Gasteiger partial charge in [0.25, 0.3) is 0 Å². The smallest absolute Gasteiger partial charge is 0.0813 e. The van der Waals surface area contributed by atoms with Gasteiger partial charge < -0.3 is 15.2 Å². The monoisotopic (exact) mass is 258 g/mol. The van der Waals surface area contributed by atoms with E-state index in [2.05, 4.69) is 32.6 Å². The molecule has 108 valence electrons. The third kappa shape index (κ3) is 5.22. The molecule has 0 spiro atoms. The third-order valence-electron chi connectivity index (χ3n) is 3.58. The van der Waals surface area contributed by atoms with Gasteiger partial charge in [0.1, 0.15) is 0 Å². The summed E-state index contributed by atoms with van der Waals surface area (Å²) in [5, 5.41) is 0. The Kier molecular flexibility index (Phi) is 7.15. The maximum atomic E-state index is 5.75. The van der Waals surface area contributed by atoms with Crippen LogP contribution in [0.2, 0.25) is 0 Å². The lowest BCUT2D eigenvalue weighted by Gasteiger charge is -2.30. The highest BCUT2D eigenvalue weighted by Crippen LogP contribution is 2.18. The predicted molar refractivity (Wildman–Crippen MR) is 74.7 cm³/mol. The normalized spacial score (nSPS) is 24.7. The van der Waals surface area contributed by atoms with Crippen LogP contribution >= 0.6 is 0 Å². The highest BCUT2D eigenvalue weighted by Gasteiger charge is 2.24. The maximum absolute atomic E-state index is 5.75. The molecule has 2 N–H and O–H groups in total. The standard InChI is InChI=1S/C14H30N2O2/c1-11(2)16(12(3)4)7-8-17-10-14-6-5-13(9-15)18-14/h11-14H,5-10,15H2,1-4H3. The van der Waals surface area contributed by atoms with Crippen LogP contribution in [0.25, 0.3) is 0 Å². The number of rotatable bonds is 8. The second kappa shape index (κ2) is 8.10. The topological polar surface area (TPSA) is 47.7 Å². The Morgan fingerprint density at radius 3 is 2.28 bits per heavy atom. The molecule has 4 nitrogen and oxygen atoms in total. The van der Waals surface area contributed by atoms with Gasteiger partial charge in [0, 0.05) is 25.2 Å². The molecular weight excluding hydrogens is 228 g/mol. The fourth-order valence-electron chi connectivity index (χ4n) is 2.57. The zero-order chi connectivity index (χ0) is 13.5. The van der Waals surface area contributed by atoms with Crippen molar-refractivity contribution in [3.63, 3.8) is 0 Å². The van der Waals surface area contributed by atoms with Crippen molar-refractivity contribution in [1.82, 2.24) is 4.90 Å². The van der Waals surface area contributed by atoms with E-state index in [4.69, 9.17) is 15.2 Å². The number of nitrogens with two attached hydrogens (primary N) is 1. The number of hydrogen-bond acceptors (Lipinski definition) is 4. The number of hydrogen-bond donors (Lipinski definition) is 1. The Morgan fingerprint density at radius 2 is 1.78 bits per heavy atom. The molecule has 2 unspecified atom stereocenters. The van der Waals surface area contributed by atoms with Gasteiger partial charge in [-0.05, 0) is 40.5 Å². The van der Waals surface area contributed by atoms with Crippen LogP contribution in [0.4, 0.5) is 0 Å². The lowest BCUT2D eigenvalue weighted by molar-refractivity contribution is -0.0190. The molecule has 0 bridgehead atoms. The summed E-state index contributed by atoms with van der Waals surface area (Å²) in [6.45, 7) is 12.0. The van der Waals surface area contributed by atoms with Crippen molar-refractivity contribution < 1.29 is 9.47 Å². The van der Waals surface area contributed by atoms with Crippen LogP contribution in [0.3, 0.4) is 0 Å². The zero-order valence-electron chi connectivity index (χ0n) is 12.4. The zero-order valence-corrected chi connectivity index (χ0v) is 12.4. The number of ether oxygens (including phenoxy) is 2. The van der Waals surface area contributed by atoms with E-state index in [1.807, 2.05) is 0 Å². The van der Waals surface area contributed by atoms with Gasteiger partial charge in [0.15, 0.2) is 0 Å². The minimum Gasteiger partial charge on any atom is -0.377 e. The molecule has 0 radical (unpaired) electrons. The van der Waals surface area contributed by atoms with Crippen molar-refractivity contribution in [2.24, 2.45) is 5.73 Å². The van der Waals surface area contributed by atoms with E-state index in [0.29, 0.717) is 25.2 Å². The summed E-state index contributed by atoms with van der Waals surface area (Å²) in [7, 11) is 0. The first kappa shape index (κ1) is 15.9. The van der Waals surface area contributed by atoms with Crippen molar-refractivity contribution in [1.29, 1.82) is 0 Å². The summed E-state index contributed by atoms with van der Waals surface area (Å²) in [6, 6.07) is 1.14. The fourth-order valence-corrected chi connectivity index (χ4v) is 2.57. The van der Waals surface area contributed by atoms with Gasteiger partial charge in [0.05, 0.1) is 25.4 Å². The van der Waals surface area contributed by atoms with Gasteiger partial charge in [-0.3, -0.25) is 4.90 Å². The fraction of sp³-hybridized carbons (Fsp3) is 1.00. The molecule has 4 heteroatoms. The SMILES string of the molecule is CC(C)N(CCOCC1CCC(CN)O1)C(C)C. The molecule has 1 aliphatic rings. The van der Waals surface area contributed by atoms with E-state index in [0.717, 1.165) is 26.0 Å². The van der Waals surface area contributed by atoms with Crippen LogP contribution in [-0.2, 0) is 9.47 Å². The van der Waals surface area contributed by atoms with Crippen LogP contribution in [-0.4, -0.2) is 55.5 Å². The third-order valence-corrected chi connectivity index (χ3v) is 3.58. The number of nitrogens with zero attached hydrogens (tertiary/aromatic N) is 1. The first-order valence-corrected chi connectivity index (χ1v) is 7.23. The Bertz CT molecular complexity index is 214. The van der Waals surface area contributed by atoms with E-state index >= 15 is 0 Å². The molecule has 0 aliphatic carbocycles. The largest absolute Gasteiger partial charge is 0.377 e. The van der Waals surface area contributed by atoms with Gasteiger partial charge in [-0.25, -0.2) is 0 Å². The Morgan fingerprint density at radius 1 is 1.17 bits per heavy atom. The second-order valence-electron chi connectivity index (χ2n) is 5.69. The molecular formula is C14H30N2O2. The average Bonchev–Trinajstić information content (AvgIpc) is 2.75. The molecule has 1 fully saturated rings. The van der Waals surface area contributed by atoms with Crippen LogP contribution < -0.4 is 5.73 Å². The molecule has 18 heavy (non-hydrogen) atoms. The van der Waals surface area contributed by atoms with Crippen molar-refractivity contribution in [3.8, 4) is 0 Å². The highest BCUT2D eigenvalue weighted by atomic mass is 16.5.